The van der Waals surface area contributed by atoms with E-state index < -0.39 is 5.97 Å². The Bertz CT molecular complexity index is 666. The predicted molar refractivity (Wildman–Crippen MR) is 103 cm³/mol. The van der Waals surface area contributed by atoms with Gasteiger partial charge in [0.1, 0.15) is 5.75 Å². The first-order valence-electron chi connectivity index (χ1n) is 9.90. The van der Waals surface area contributed by atoms with Crippen molar-refractivity contribution in [3.05, 3.63) is 29.8 Å². The molecule has 1 aromatic carbocycles. The second-order valence-corrected chi connectivity index (χ2v) is 8.15. The molecule has 148 valence electrons. The van der Waals surface area contributed by atoms with Gasteiger partial charge in [0.2, 0.25) is 5.91 Å². The highest BCUT2D eigenvalue weighted by molar-refractivity contribution is 5.79. The van der Waals surface area contributed by atoms with Crippen LogP contribution < -0.4 is 10.1 Å². The summed E-state index contributed by atoms with van der Waals surface area (Å²) in [7, 11) is 0. The number of hydrogen-bond acceptors (Lipinski definition) is 4. The van der Waals surface area contributed by atoms with Crippen molar-refractivity contribution in [3.8, 4) is 5.75 Å². The van der Waals surface area contributed by atoms with E-state index in [1.165, 1.54) is 12.8 Å². The smallest absolute Gasteiger partial charge is 0.317 e. The number of carboxylic acids is 1. The maximum absolute atomic E-state index is 12.3. The van der Waals surface area contributed by atoms with Crippen molar-refractivity contribution in [2.75, 3.05) is 13.1 Å². The van der Waals surface area contributed by atoms with Gasteiger partial charge in [-0.05, 0) is 63.1 Å². The molecular weight excluding hydrogens is 344 g/mol. The molecule has 1 amide bonds. The molecule has 2 fully saturated rings. The fraction of sp³-hybridized carbons (Fsp3) is 0.619. The molecule has 2 N–H and O–H groups in total. The summed E-state index contributed by atoms with van der Waals surface area (Å²) in [6.45, 7) is 4.93. The lowest BCUT2D eigenvalue weighted by Gasteiger charge is -2.42. The molecule has 0 atom stereocenters. The summed E-state index contributed by atoms with van der Waals surface area (Å²) >= 11 is 0. The lowest BCUT2D eigenvalue weighted by atomic mass is 9.85. The summed E-state index contributed by atoms with van der Waals surface area (Å²) in [6.07, 6.45) is 4.53. The number of nitrogens with zero attached hydrogens (tertiary/aromatic N) is 1. The van der Waals surface area contributed by atoms with Crippen LogP contribution in [0.15, 0.2) is 24.3 Å². The van der Waals surface area contributed by atoms with E-state index in [4.69, 9.17) is 9.84 Å². The summed E-state index contributed by atoms with van der Waals surface area (Å²) in [5.74, 6) is 0.681. The first-order chi connectivity index (χ1) is 12.9. The Labute approximate surface area is 160 Å². The Hall–Kier alpha value is -2.08. The van der Waals surface area contributed by atoms with Gasteiger partial charge in [0.25, 0.3) is 0 Å². The molecule has 2 saturated carbocycles. The molecule has 6 nitrogen and oxygen atoms in total. The maximum atomic E-state index is 12.3. The molecule has 0 saturated heterocycles. The van der Waals surface area contributed by atoms with Gasteiger partial charge in [0.05, 0.1) is 19.1 Å². The van der Waals surface area contributed by atoms with Crippen LogP contribution in [0.4, 0.5) is 0 Å². The molecule has 0 unspecified atom stereocenters. The van der Waals surface area contributed by atoms with Crippen LogP contribution in [0.1, 0.15) is 45.1 Å². The van der Waals surface area contributed by atoms with Crippen molar-refractivity contribution >= 4 is 11.9 Å². The largest absolute Gasteiger partial charge is 0.491 e. The van der Waals surface area contributed by atoms with E-state index in [-0.39, 0.29) is 30.6 Å². The van der Waals surface area contributed by atoms with Gasteiger partial charge in [-0.3, -0.25) is 14.5 Å². The zero-order valence-corrected chi connectivity index (χ0v) is 16.2. The van der Waals surface area contributed by atoms with Gasteiger partial charge in [0, 0.05) is 18.6 Å². The molecule has 0 heterocycles. The average molecular weight is 374 g/mol. The van der Waals surface area contributed by atoms with Crippen molar-refractivity contribution in [3.63, 3.8) is 0 Å². The van der Waals surface area contributed by atoms with Crippen molar-refractivity contribution < 1.29 is 19.4 Å². The Morgan fingerprint density at radius 3 is 2.67 bits per heavy atom. The van der Waals surface area contributed by atoms with Gasteiger partial charge in [-0.2, -0.15) is 0 Å². The number of amides is 1. The normalized spacial score (nSPS) is 21.8. The first-order valence-corrected chi connectivity index (χ1v) is 9.90. The highest BCUT2D eigenvalue weighted by Crippen LogP contribution is 2.33. The number of aliphatic carboxylic acids is 1. The van der Waals surface area contributed by atoms with Crippen molar-refractivity contribution in [1.82, 2.24) is 10.2 Å². The number of rotatable bonds is 10. The van der Waals surface area contributed by atoms with Crippen molar-refractivity contribution in [2.24, 2.45) is 5.92 Å². The molecule has 0 aromatic heterocycles. The molecule has 1 aromatic rings. The zero-order valence-electron chi connectivity index (χ0n) is 16.2. The minimum Gasteiger partial charge on any atom is -0.491 e. The van der Waals surface area contributed by atoms with Crippen LogP contribution in [0.3, 0.4) is 0 Å². The third kappa shape index (κ3) is 6.24. The van der Waals surface area contributed by atoms with Crippen LogP contribution in [-0.2, 0) is 16.0 Å². The van der Waals surface area contributed by atoms with E-state index in [0.29, 0.717) is 12.3 Å². The van der Waals surface area contributed by atoms with E-state index in [0.717, 1.165) is 30.7 Å². The van der Waals surface area contributed by atoms with Gasteiger partial charge < -0.3 is 15.2 Å². The zero-order chi connectivity index (χ0) is 19.4. The summed E-state index contributed by atoms with van der Waals surface area (Å²) in [5, 5.41) is 12.2. The predicted octanol–water partition coefficient (Wildman–Crippen LogP) is 2.46. The van der Waals surface area contributed by atoms with E-state index in [2.05, 4.69) is 10.2 Å². The standard InChI is InChI=1S/C21H30N2O4/c1-14(2)27-19-5-3-4-16(8-19)9-20(24)22-17-10-18(11-17)23(13-21(25)26)12-15-6-7-15/h3-5,8,14-15,17-18H,6-7,9-13H2,1-2H3,(H,22,24)(H,25,26). The number of hydrogen-bond donors (Lipinski definition) is 2. The third-order valence-corrected chi connectivity index (χ3v) is 5.16. The van der Waals surface area contributed by atoms with Crippen LogP contribution in [0.5, 0.6) is 5.75 Å². The fourth-order valence-corrected chi connectivity index (χ4v) is 3.62. The highest BCUT2D eigenvalue weighted by atomic mass is 16.5. The van der Waals surface area contributed by atoms with Crippen molar-refractivity contribution in [1.29, 1.82) is 0 Å². The third-order valence-electron chi connectivity index (χ3n) is 5.16. The minimum absolute atomic E-state index is 0.00660. The molecule has 2 aliphatic rings. The van der Waals surface area contributed by atoms with Crippen LogP contribution in [-0.4, -0.2) is 53.2 Å². The molecule has 6 heteroatoms. The number of carbonyl (C=O) groups excluding carboxylic acids is 1. The number of nitrogens with one attached hydrogen (secondary N) is 1. The van der Waals surface area contributed by atoms with Gasteiger partial charge >= 0.3 is 5.97 Å². The molecule has 0 spiro atoms. The number of benzene rings is 1. The molecule has 0 aliphatic heterocycles. The summed E-state index contributed by atoms with van der Waals surface area (Å²) < 4.78 is 5.67. The molecule has 2 aliphatic carbocycles. The molecular formula is C21H30N2O4. The van der Waals surface area contributed by atoms with Crippen LogP contribution >= 0.6 is 0 Å². The van der Waals surface area contributed by atoms with E-state index >= 15 is 0 Å². The average Bonchev–Trinajstić information content (AvgIpc) is 3.33. The lowest BCUT2D eigenvalue weighted by molar-refractivity contribution is -0.140. The Morgan fingerprint density at radius 1 is 1.30 bits per heavy atom. The monoisotopic (exact) mass is 374 g/mol. The molecule has 0 radical (unpaired) electrons. The Morgan fingerprint density at radius 2 is 2.04 bits per heavy atom. The number of carboxylic acid groups (broad SMARTS) is 1. The second-order valence-electron chi connectivity index (χ2n) is 8.15. The summed E-state index contributed by atoms with van der Waals surface area (Å²) in [4.78, 5) is 25.5. The quantitative estimate of drug-likeness (QED) is 0.658. The van der Waals surface area contributed by atoms with E-state index in [1.54, 1.807) is 0 Å². The van der Waals surface area contributed by atoms with E-state index in [9.17, 15) is 9.59 Å². The van der Waals surface area contributed by atoms with Gasteiger partial charge in [-0.1, -0.05) is 12.1 Å². The van der Waals surface area contributed by atoms with Gasteiger partial charge in [-0.25, -0.2) is 0 Å². The number of ether oxygens (including phenoxy) is 1. The highest BCUT2D eigenvalue weighted by Gasteiger charge is 2.37. The van der Waals surface area contributed by atoms with Crippen LogP contribution in [0.2, 0.25) is 0 Å². The summed E-state index contributed by atoms with van der Waals surface area (Å²) in [5.41, 5.74) is 0.933. The minimum atomic E-state index is -0.772. The first kappa shape index (κ1) is 19.7. The Balaban J connectivity index is 1.43. The number of carbonyl (C=O) groups is 2. The van der Waals surface area contributed by atoms with Crippen molar-refractivity contribution in [2.45, 2.75) is 64.1 Å². The molecule has 0 bridgehead atoms. The lowest BCUT2D eigenvalue weighted by Crippen LogP contribution is -2.55. The van der Waals surface area contributed by atoms with E-state index in [1.807, 2.05) is 38.1 Å². The maximum Gasteiger partial charge on any atom is 0.317 e. The van der Waals surface area contributed by atoms with Gasteiger partial charge in [0.15, 0.2) is 0 Å². The summed E-state index contributed by atoms with van der Waals surface area (Å²) in [6, 6.07) is 8.06. The topological polar surface area (TPSA) is 78.9 Å². The van der Waals surface area contributed by atoms with Gasteiger partial charge in [-0.15, -0.1) is 0 Å². The molecule has 27 heavy (non-hydrogen) atoms. The SMILES string of the molecule is CC(C)Oc1cccc(CC(=O)NC2CC(N(CC(=O)O)CC3CC3)C2)c1. The Kier molecular flexibility index (Phi) is 6.37. The second kappa shape index (κ2) is 8.74. The van der Waals surface area contributed by atoms with Crippen LogP contribution in [0, 0.1) is 5.92 Å². The van der Waals surface area contributed by atoms with Crippen LogP contribution in [0.25, 0.3) is 0 Å². The molecule has 3 rings (SSSR count). The fourth-order valence-electron chi connectivity index (χ4n) is 3.62.